The maximum absolute atomic E-state index is 11.5. The van der Waals surface area contributed by atoms with E-state index in [9.17, 15) is 9.90 Å². The van der Waals surface area contributed by atoms with E-state index in [1.54, 1.807) is 7.05 Å². The Morgan fingerprint density at radius 1 is 1.47 bits per heavy atom. The lowest BCUT2D eigenvalue weighted by atomic mass is 10.2. The molecule has 0 spiro atoms. The number of carbonyl (C=O) groups excluding carboxylic acids is 1. The maximum atomic E-state index is 11.5. The molecule has 0 aliphatic rings. The van der Waals surface area contributed by atoms with Crippen molar-refractivity contribution >= 4 is 17.5 Å². The number of amides is 1. The van der Waals surface area contributed by atoms with E-state index in [1.165, 1.54) is 18.2 Å². The Hall–Kier alpha value is -1.26. The summed E-state index contributed by atoms with van der Waals surface area (Å²) >= 11 is 5.72. The van der Waals surface area contributed by atoms with Gasteiger partial charge in [0.1, 0.15) is 5.75 Å². The summed E-state index contributed by atoms with van der Waals surface area (Å²) in [5, 5.41) is 15.4. The number of halogens is 1. The second kappa shape index (κ2) is 5.58. The van der Waals surface area contributed by atoms with Crippen molar-refractivity contribution in [2.75, 3.05) is 20.1 Å². The fraction of sp³-hybridized carbons (Fsp3) is 0.300. The molecule has 0 radical (unpaired) electrons. The number of hydrogen-bond acceptors (Lipinski definition) is 3. The molecule has 4 nitrogen and oxygen atoms in total. The Labute approximate surface area is 93.2 Å². The fourth-order valence-electron chi connectivity index (χ4n) is 1.09. The van der Waals surface area contributed by atoms with Gasteiger partial charge in [-0.3, -0.25) is 4.79 Å². The van der Waals surface area contributed by atoms with E-state index in [4.69, 9.17) is 11.6 Å². The zero-order valence-electron chi connectivity index (χ0n) is 8.38. The Kier molecular flexibility index (Phi) is 4.39. The third-order valence-corrected chi connectivity index (χ3v) is 2.10. The van der Waals surface area contributed by atoms with Crippen molar-refractivity contribution in [3.8, 4) is 5.75 Å². The predicted octanol–water partition coefficient (Wildman–Crippen LogP) is 0.995. The van der Waals surface area contributed by atoms with Crippen LogP contribution in [0, 0.1) is 0 Å². The zero-order valence-corrected chi connectivity index (χ0v) is 9.14. The second-order valence-electron chi connectivity index (χ2n) is 3.02. The molecule has 82 valence electrons. The van der Waals surface area contributed by atoms with Crippen molar-refractivity contribution < 1.29 is 9.90 Å². The minimum absolute atomic E-state index is 0.0682. The number of carbonyl (C=O) groups is 1. The molecular formula is C10H13ClN2O2. The molecule has 1 rings (SSSR count). The molecule has 0 fully saturated rings. The summed E-state index contributed by atoms with van der Waals surface area (Å²) in [7, 11) is 1.79. The summed E-state index contributed by atoms with van der Waals surface area (Å²) < 4.78 is 0. The van der Waals surface area contributed by atoms with Crippen LogP contribution in [0.2, 0.25) is 5.02 Å². The van der Waals surface area contributed by atoms with Gasteiger partial charge in [-0.25, -0.2) is 0 Å². The van der Waals surface area contributed by atoms with Crippen molar-refractivity contribution in [2.24, 2.45) is 0 Å². The van der Waals surface area contributed by atoms with Crippen molar-refractivity contribution in [1.82, 2.24) is 10.6 Å². The third kappa shape index (κ3) is 3.42. The Bertz CT molecular complexity index is 355. The summed E-state index contributed by atoms with van der Waals surface area (Å²) in [4.78, 5) is 11.5. The van der Waals surface area contributed by atoms with E-state index in [0.717, 1.165) is 0 Å². The van der Waals surface area contributed by atoms with Gasteiger partial charge in [-0.1, -0.05) is 11.6 Å². The highest BCUT2D eigenvalue weighted by Gasteiger charge is 2.10. The van der Waals surface area contributed by atoms with Crippen molar-refractivity contribution in [3.05, 3.63) is 28.8 Å². The van der Waals surface area contributed by atoms with Crippen LogP contribution in [-0.4, -0.2) is 31.2 Å². The van der Waals surface area contributed by atoms with Crippen LogP contribution in [0.5, 0.6) is 5.75 Å². The molecule has 3 N–H and O–H groups in total. The number of benzene rings is 1. The standard InChI is InChI=1S/C10H13ClN2O2/c1-12-4-5-13-10(15)8-6-7(11)2-3-9(8)14/h2-3,6,12,14H,4-5H2,1H3,(H,13,15). The summed E-state index contributed by atoms with van der Waals surface area (Å²) in [6.07, 6.45) is 0. The molecule has 0 aliphatic carbocycles. The van der Waals surface area contributed by atoms with Gasteiger partial charge in [0.15, 0.2) is 0 Å². The Morgan fingerprint density at radius 2 is 2.20 bits per heavy atom. The topological polar surface area (TPSA) is 61.4 Å². The van der Waals surface area contributed by atoms with E-state index in [1.807, 2.05) is 0 Å². The van der Waals surface area contributed by atoms with Gasteiger partial charge < -0.3 is 15.7 Å². The van der Waals surface area contributed by atoms with Gasteiger partial charge in [0.05, 0.1) is 5.56 Å². The molecule has 5 heteroatoms. The van der Waals surface area contributed by atoms with Crippen LogP contribution >= 0.6 is 11.6 Å². The predicted molar refractivity (Wildman–Crippen MR) is 59.4 cm³/mol. The Morgan fingerprint density at radius 3 is 2.87 bits per heavy atom. The number of phenols is 1. The van der Waals surface area contributed by atoms with Gasteiger partial charge in [0.2, 0.25) is 0 Å². The van der Waals surface area contributed by atoms with E-state index < -0.39 is 0 Å². The first-order valence-electron chi connectivity index (χ1n) is 4.56. The number of nitrogens with one attached hydrogen (secondary N) is 2. The minimum Gasteiger partial charge on any atom is -0.507 e. The molecule has 1 aromatic carbocycles. The van der Waals surface area contributed by atoms with E-state index in [0.29, 0.717) is 18.1 Å². The molecule has 0 bridgehead atoms. The van der Waals surface area contributed by atoms with Crippen LogP contribution in [0.25, 0.3) is 0 Å². The normalized spacial score (nSPS) is 10.0. The van der Waals surface area contributed by atoms with Gasteiger partial charge in [-0.15, -0.1) is 0 Å². The smallest absolute Gasteiger partial charge is 0.255 e. The van der Waals surface area contributed by atoms with Gasteiger partial charge in [-0.05, 0) is 25.2 Å². The average molecular weight is 229 g/mol. The van der Waals surface area contributed by atoms with Gasteiger partial charge in [0, 0.05) is 18.1 Å². The van der Waals surface area contributed by atoms with Crippen molar-refractivity contribution in [2.45, 2.75) is 0 Å². The van der Waals surface area contributed by atoms with Crippen LogP contribution in [0.15, 0.2) is 18.2 Å². The Balaban J connectivity index is 2.68. The largest absolute Gasteiger partial charge is 0.507 e. The minimum atomic E-state index is -0.328. The molecule has 0 atom stereocenters. The van der Waals surface area contributed by atoms with Crippen LogP contribution in [0.1, 0.15) is 10.4 Å². The highest BCUT2D eigenvalue weighted by Crippen LogP contribution is 2.20. The van der Waals surface area contributed by atoms with Gasteiger partial charge in [-0.2, -0.15) is 0 Å². The summed E-state index contributed by atoms with van der Waals surface area (Å²) in [5.74, 6) is -0.397. The molecular weight excluding hydrogens is 216 g/mol. The van der Waals surface area contributed by atoms with Gasteiger partial charge >= 0.3 is 0 Å². The highest BCUT2D eigenvalue weighted by atomic mass is 35.5. The monoisotopic (exact) mass is 228 g/mol. The molecule has 0 aliphatic heterocycles. The third-order valence-electron chi connectivity index (χ3n) is 1.86. The average Bonchev–Trinajstić information content (AvgIpc) is 2.22. The van der Waals surface area contributed by atoms with E-state index in [-0.39, 0.29) is 17.2 Å². The molecule has 0 saturated carbocycles. The van der Waals surface area contributed by atoms with Gasteiger partial charge in [0.25, 0.3) is 5.91 Å². The first-order valence-corrected chi connectivity index (χ1v) is 4.94. The SMILES string of the molecule is CNCCNC(=O)c1cc(Cl)ccc1O. The lowest BCUT2D eigenvalue weighted by molar-refractivity contribution is 0.0951. The van der Waals surface area contributed by atoms with Crippen LogP contribution in [0.4, 0.5) is 0 Å². The zero-order chi connectivity index (χ0) is 11.3. The number of hydrogen-bond donors (Lipinski definition) is 3. The first kappa shape index (κ1) is 11.8. The van der Waals surface area contributed by atoms with Crippen molar-refractivity contribution in [3.63, 3.8) is 0 Å². The quantitative estimate of drug-likeness (QED) is 0.674. The summed E-state index contributed by atoms with van der Waals surface area (Å²) in [6, 6.07) is 4.36. The number of aromatic hydroxyl groups is 1. The maximum Gasteiger partial charge on any atom is 0.255 e. The lowest BCUT2D eigenvalue weighted by Gasteiger charge is -2.06. The number of rotatable bonds is 4. The fourth-order valence-corrected chi connectivity index (χ4v) is 1.26. The van der Waals surface area contributed by atoms with Crippen LogP contribution in [0.3, 0.4) is 0 Å². The summed E-state index contributed by atoms with van der Waals surface area (Å²) in [6.45, 7) is 1.17. The van der Waals surface area contributed by atoms with Crippen LogP contribution in [-0.2, 0) is 0 Å². The molecule has 0 aromatic heterocycles. The first-order chi connectivity index (χ1) is 7.15. The molecule has 15 heavy (non-hydrogen) atoms. The highest BCUT2D eigenvalue weighted by molar-refractivity contribution is 6.31. The molecule has 0 heterocycles. The lowest BCUT2D eigenvalue weighted by Crippen LogP contribution is -2.30. The molecule has 0 unspecified atom stereocenters. The number of phenolic OH excluding ortho intramolecular Hbond substituents is 1. The van der Waals surface area contributed by atoms with Crippen molar-refractivity contribution in [1.29, 1.82) is 0 Å². The molecule has 1 amide bonds. The summed E-state index contributed by atoms with van der Waals surface area (Å²) in [5.41, 5.74) is 0.193. The van der Waals surface area contributed by atoms with E-state index >= 15 is 0 Å². The molecule has 0 saturated heterocycles. The number of likely N-dealkylation sites (N-methyl/N-ethyl adjacent to an activating group) is 1. The van der Waals surface area contributed by atoms with Crippen LogP contribution < -0.4 is 10.6 Å². The molecule has 1 aromatic rings. The van der Waals surface area contributed by atoms with E-state index in [2.05, 4.69) is 10.6 Å². The second-order valence-corrected chi connectivity index (χ2v) is 3.46.